The quantitative estimate of drug-likeness (QED) is 0.765. The number of methoxy groups -OCH3 is 2. The Bertz CT molecular complexity index is 468. The molecule has 1 aromatic rings. The van der Waals surface area contributed by atoms with Crippen LogP contribution >= 0.6 is 0 Å². The number of hydrogen-bond donors (Lipinski definition) is 0. The largest absolute Gasteiger partial charge is 0.480 e. The van der Waals surface area contributed by atoms with E-state index >= 15 is 0 Å². The Hall–Kier alpha value is -1.65. The second-order valence-electron chi connectivity index (χ2n) is 4.94. The van der Waals surface area contributed by atoms with Crippen LogP contribution in [0.25, 0.3) is 0 Å². The molecule has 0 radical (unpaired) electrons. The third-order valence-electron chi connectivity index (χ3n) is 4.06. The molecule has 0 N–H and O–H groups in total. The average molecular weight is 264 g/mol. The van der Waals surface area contributed by atoms with Gasteiger partial charge in [0.25, 0.3) is 0 Å². The summed E-state index contributed by atoms with van der Waals surface area (Å²) in [5.74, 6) is 0.661. The zero-order valence-electron chi connectivity index (χ0n) is 11.7. The summed E-state index contributed by atoms with van der Waals surface area (Å²) < 4.78 is 10.2. The summed E-state index contributed by atoms with van der Waals surface area (Å²) in [6.07, 6.45) is 6.37. The maximum Gasteiger partial charge on any atom is 0.246 e. The first-order valence-electron chi connectivity index (χ1n) is 6.66. The van der Waals surface area contributed by atoms with Gasteiger partial charge < -0.3 is 9.47 Å². The highest BCUT2D eigenvalue weighted by atomic mass is 16.5. The molecule has 0 bridgehead atoms. The third kappa shape index (κ3) is 2.41. The van der Waals surface area contributed by atoms with Gasteiger partial charge in [0.1, 0.15) is 0 Å². The van der Waals surface area contributed by atoms with Crippen molar-refractivity contribution in [2.24, 2.45) is 5.41 Å². The molecular weight excluding hydrogens is 244 g/mol. The summed E-state index contributed by atoms with van der Waals surface area (Å²) >= 11 is 0. The lowest BCUT2D eigenvalue weighted by atomic mass is 9.78. The number of nitrogens with zero attached hydrogens (tertiary/aromatic N) is 2. The van der Waals surface area contributed by atoms with E-state index in [1.165, 1.54) is 20.4 Å². The van der Waals surface area contributed by atoms with E-state index in [1.54, 1.807) is 0 Å². The zero-order valence-corrected chi connectivity index (χ0v) is 11.7. The van der Waals surface area contributed by atoms with Gasteiger partial charge in [-0.3, -0.25) is 4.79 Å². The molecule has 1 aliphatic carbocycles. The van der Waals surface area contributed by atoms with E-state index in [1.807, 2.05) is 0 Å². The van der Waals surface area contributed by atoms with Crippen molar-refractivity contribution >= 4 is 5.78 Å². The van der Waals surface area contributed by atoms with Crippen LogP contribution in [0.1, 0.15) is 49.5 Å². The zero-order chi connectivity index (χ0) is 13.9. The van der Waals surface area contributed by atoms with Crippen molar-refractivity contribution in [2.45, 2.75) is 39.0 Å². The minimum Gasteiger partial charge on any atom is -0.480 e. The fraction of sp³-hybridized carbons (Fsp3) is 0.643. The van der Waals surface area contributed by atoms with Crippen molar-refractivity contribution in [1.82, 2.24) is 9.97 Å². The Morgan fingerprint density at radius 1 is 1.32 bits per heavy atom. The number of Topliss-reactive ketones (excluding diaryl/α,β-unsaturated/α-hetero) is 1. The minimum atomic E-state index is -0.281. The maximum absolute atomic E-state index is 12.8. The first kappa shape index (κ1) is 13.8. The molecule has 1 aromatic heterocycles. The lowest BCUT2D eigenvalue weighted by Gasteiger charge is -2.25. The summed E-state index contributed by atoms with van der Waals surface area (Å²) in [5.41, 5.74) is 0.0448. The van der Waals surface area contributed by atoms with E-state index in [0.717, 1.165) is 32.1 Å². The standard InChI is InChI=1S/C14H20N2O3/c1-4-14(7-5-6-8-14)12(17)11-13(19-3)16-10(18-2)9-15-11/h9H,4-8H2,1-3H3. The summed E-state index contributed by atoms with van der Waals surface area (Å²) in [5, 5.41) is 0. The van der Waals surface area contributed by atoms with E-state index in [0.29, 0.717) is 11.6 Å². The Balaban J connectivity index is 2.37. The van der Waals surface area contributed by atoms with Crippen molar-refractivity contribution in [3.63, 3.8) is 0 Å². The SMILES string of the molecule is CCC1(C(=O)c2ncc(OC)nc2OC)CCCC1. The number of carbonyl (C=O) groups is 1. The number of aromatic nitrogens is 2. The van der Waals surface area contributed by atoms with Gasteiger partial charge in [0, 0.05) is 5.41 Å². The van der Waals surface area contributed by atoms with Gasteiger partial charge in [-0.05, 0) is 19.3 Å². The molecule has 5 heteroatoms. The highest BCUT2D eigenvalue weighted by Crippen LogP contribution is 2.44. The van der Waals surface area contributed by atoms with Gasteiger partial charge in [0.15, 0.2) is 11.5 Å². The molecule has 0 atom stereocenters. The predicted molar refractivity (Wildman–Crippen MR) is 70.7 cm³/mol. The fourth-order valence-electron chi connectivity index (χ4n) is 2.80. The molecule has 0 aromatic carbocycles. The molecule has 2 rings (SSSR count). The second kappa shape index (κ2) is 5.55. The topological polar surface area (TPSA) is 61.3 Å². The molecule has 0 aliphatic heterocycles. The molecule has 1 saturated carbocycles. The van der Waals surface area contributed by atoms with Crippen LogP contribution < -0.4 is 9.47 Å². The Labute approximate surface area is 113 Å². The van der Waals surface area contributed by atoms with Gasteiger partial charge >= 0.3 is 0 Å². The molecule has 1 heterocycles. The highest BCUT2D eigenvalue weighted by Gasteiger charge is 2.41. The van der Waals surface area contributed by atoms with Crippen LogP contribution in [-0.2, 0) is 0 Å². The van der Waals surface area contributed by atoms with Gasteiger partial charge in [0.2, 0.25) is 11.8 Å². The van der Waals surface area contributed by atoms with Gasteiger partial charge in [-0.1, -0.05) is 19.8 Å². The van der Waals surface area contributed by atoms with Crippen LogP contribution in [0.15, 0.2) is 6.20 Å². The van der Waals surface area contributed by atoms with Crippen molar-refractivity contribution < 1.29 is 14.3 Å². The minimum absolute atomic E-state index is 0.0551. The smallest absolute Gasteiger partial charge is 0.246 e. The second-order valence-corrected chi connectivity index (χ2v) is 4.94. The van der Waals surface area contributed by atoms with E-state index < -0.39 is 0 Å². The van der Waals surface area contributed by atoms with Crippen LogP contribution in [0.2, 0.25) is 0 Å². The van der Waals surface area contributed by atoms with Crippen molar-refractivity contribution in [3.8, 4) is 11.8 Å². The molecule has 104 valence electrons. The van der Waals surface area contributed by atoms with Crippen molar-refractivity contribution in [1.29, 1.82) is 0 Å². The predicted octanol–water partition coefficient (Wildman–Crippen LogP) is 2.65. The fourth-order valence-corrected chi connectivity index (χ4v) is 2.80. The molecular formula is C14H20N2O3. The maximum atomic E-state index is 12.8. The Morgan fingerprint density at radius 2 is 2.00 bits per heavy atom. The molecule has 0 unspecified atom stereocenters. The van der Waals surface area contributed by atoms with Crippen LogP contribution in [0.5, 0.6) is 11.8 Å². The number of hydrogen-bond acceptors (Lipinski definition) is 5. The molecule has 0 spiro atoms. The molecule has 1 fully saturated rings. The van der Waals surface area contributed by atoms with Crippen LogP contribution in [0.3, 0.4) is 0 Å². The molecule has 1 aliphatic rings. The lowest BCUT2D eigenvalue weighted by Crippen LogP contribution is -2.28. The molecule has 5 nitrogen and oxygen atoms in total. The number of carbonyl (C=O) groups excluding carboxylic acids is 1. The van der Waals surface area contributed by atoms with E-state index in [9.17, 15) is 4.79 Å². The summed E-state index contributed by atoms with van der Waals surface area (Å²) in [6.45, 7) is 2.06. The first-order valence-corrected chi connectivity index (χ1v) is 6.66. The Morgan fingerprint density at radius 3 is 2.53 bits per heavy atom. The average Bonchev–Trinajstić information content (AvgIpc) is 2.95. The molecule has 19 heavy (non-hydrogen) atoms. The highest BCUT2D eigenvalue weighted by molar-refractivity contribution is 6.00. The number of ketones is 1. The van der Waals surface area contributed by atoms with Gasteiger partial charge in [0.05, 0.1) is 20.4 Å². The van der Waals surface area contributed by atoms with E-state index in [-0.39, 0.29) is 17.1 Å². The summed E-state index contributed by atoms with van der Waals surface area (Å²) in [4.78, 5) is 21.1. The van der Waals surface area contributed by atoms with Gasteiger partial charge in [-0.25, -0.2) is 4.98 Å². The number of ether oxygens (including phenoxy) is 2. The Kier molecular flexibility index (Phi) is 4.02. The summed E-state index contributed by atoms with van der Waals surface area (Å²) in [7, 11) is 3.00. The van der Waals surface area contributed by atoms with Crippen LogP contribution in [0.4, 0.5) is 0 Å². The van der Waals surface area contributed by atoms with Gasteiger partial charge in [-0.15, -0.1) is 0 Å². The number of rotatable bonds is 5. The lowest BCUT2D eigenvalue weighted by molar-refractivity contribution is 0.0780. The van der Waals surface area contributed by atoms with Crippen LogP contribution in [-0.4, -0.2) is 30.0 Å². The van der Waals surface area contributed by atoms with E-state index in [2.05, 4.69) is 16.9 Å². The van der Waals surface area contributed by atoms with Crippen molar-refractivity contribution in [2.75, 3.05) is 14.2 Å². The first-order chi connectivity index (χ1) is 9.16. The van der Waals surface area contributed by atoms with Gasteiger partial charge in [-0.2, -0.15) is 4.98 Å². The molecule has 0 amide bonds. The van der Waals surface area contributed by atoms with E-state index in [4.69, 9.17) is 9.47 Å². The van der Waals surface area contributed by atoms with Crippen LogP contribution in [0, 0.1) is 5.41 Å². The molecule has 0 saturated heterocycles. The summed E-state index contributed by atoms with van der Waals surface area (Å²) in [6, 6.07) is 0. The van der Waals surface area contributed by atoms with Crippen molar-refractivity contribution in [3.05, 3.63) is 11.9 Å². The third-order valence-corrected chi connectivity index (χ3v) is 4.06. The monoisotopic (exact) mass is 264 g/mol. The normalized spacial score (nSPS) is 17.2.